The monoisotopic (exact) mass is 251 g/mol. The average molecular weight is 252 g/mol. The van der Waals surface area contributed by atoms with Gasteiger partial charge in [0.25, 0.3) is 0 Å². The van der Waals surface area contributed by atoms with E-state index in [2.05, 4.69) is 0 Å². The van der Waals surface area contributed by atoms with Gasteiger partial charge in [-0.05, 0) is 18.2 Å². The quantitative estimate of drug-likeness (QED) is 0.861. The molecule has 2 N–H and O–H groups in total. The summed E-state index contributed by atoms with van der Waals surface area (Å²) in [6.45, 7) is 0.788. The normalized spacial score (nSPS) is 10.5. The minimum absolute atomic E-state index is 0. The van der Waals surface area contributed by atoms with E-state index >= 15 is 0 Å². The van der Waals surface area contributed by atoms with Gasteiger partial charge >= 0.3 is 0 Å². The summed E-state index contributed by atoms with van der Waals surface area (Å²) in [6, 6.07) is 6.36. The van der Waals surface area contributed by atoms with Crippen molar-refractivity contribution in [2.24, 2.45) is 5.73 Å². The number of sulfone groups is 1. The summed E-state index contributed by atoms with van der Waals surface area (Å²) in [5.74, 6) is 0.526. The predicted molar refractivity (Wildman–Crippen MR) is 61.3 cm³/mol. The van der Waals surface area contributed by atoms with Gasteiger partial charge in [0.1, 0.15) is 12.4 Å². The van der Waals surface area contributed by atoms with Crippen molar-refractivity contribution in [3.05, 3.63) is 24.3 Å². The summed E-state index contributed by atoms with van der Waals surface area (Å²) < 4.78 is 27.6. The molecule has 0 amide bonds. The van der Waals surface area contributed by atoms with Crippen molar-refractivity contribution >= 4 is 22.2 Å². The van der Waals surface area contributed by atoms with Gasteiger partial charge in [-0.2, -0.15) is 0 Å². The zero-order valence-electron chi connectivity index (χ0n) is 8.34. The molecule has 0 aliphatic rings. The van der Waals surface area contributed by atoms with Crippen molar-refractivity contribution in [3.63, 3.8) is 0 Å². The number of hydrogen-bond acceptors (Lipinski definition) is 4. The number of nitrogens with two attached hydrogens (primary N) is 1. The highest BCUT2D eigenvalue weighted by Crippen LogP contribution is 2.16. The second-order valence-corrected chi connectivity index (χ2v) is 4.90. The molecule has 0 spiro atoms. The molecule has 0 aliphatic heterocycles. The van der Waals surface area contributed by atoms with Crippen molar-refractivity contribution < 1.29 is 13.2 Å². The minimum atomic E-state index is -3.16. The SMILES string of the molecule is CS(=O)(=O)c1cccc(OCCN)c1.Cl. The molecule has 0 saturated carbocycles. The first-order valence-electron chi connectivity index (χ1n) is 4.17. The molecule has 0 radical (unpaired) electrons. The molecule has 0 fully saturated rings. The van der Waals surface area contributed by atoms with Gasteiger partial charge in [0.2, 0.25) is 0 Å². The van der Waals surface area contributed by atoms with Gasteiger partial charge in [-0.1, -0.05) is 6.07 Å². The Kier molecular flexibility index (Phi) is 5.64. The first kappa shape index (κ1) is 14.2. The molecule has 0 unspecified atom stereocenters. The maximum Gasteiger partial charge on any atom is 0.175 e. The summed E-state index contributed by atoms with van der Waals surface area (Å²) in [4.78, 5) is 0.257. The van der Waals surface area contributed by atoms with Gasteiger partial charge in [-0.3, -0.25) is 0 Å². The van der Waals surface area contributed by atoms with Crippen LogP contribution >= 0.6 is 12.4 Å². The van der Waals surface area contributed by atoms with Crippen LogP contribution in [0.15, 0.2) is 29.2 Å². The van der Waals surface area contributed by atoms with Gasteiger partial charge in [-0.25, -0.2) is 8.42 Å². The fraction of sp³-hybridized carbons (Fsp3) is 0.333. The van der Waals surface area contributed by atoms with Crippen molar-refractivity contribution in [2.75, 3.05) is 19.4 Å². The minimum Gasteiger partial charge on any atom is -0.492 e. The van der Waals surface area contributed by atoms with Crippen molar-refractivity contribution in [1.82, 2.24) is 0 Å². The van der Waals surface area contributed by atoms with Crippen molar-refractivity contribution in [2.45, 2.75) is 4.90 Å². The van der Waals surface area contributed by atoms with Gasteiger partial charge in [0.05, 0.1) is 4.90 Å². The molecule has 1 aromatic carbocycles. The molecule has 0 bridgehead atoms. The predicted octanol–water partition coefficient (Wildman–Crippen LogP) is 0.849. The van der Waals surface area contributed by atoms with Gasteiger partial charge in [0, 0.05) is 12.8 Å². The van der Waals surface area contributed by atoms with Gasteiger partial charge in [0.15, 0.2) is 9.84 Å². The third kappa shape index (κ3) is 4.51. The molecule has 1 aromatic rings. The molecule has 86 valence electrons. The highest BCUT2D eigenvalue weighted by Gasteiger charge is 2.07. The lowest BCUT2D eigenvalue weighted by molar-refractivity contribution is 0.327. The summed E-state index contributed by atoms with van der Waals surface area (Å²) in [6.07, 6.45) is 1.16. The maximum atomic E-state index is 11.2. The Morgan fingerprint density at radius 1 is 1.40 bits per heavy atom. The summed E-state index contributed by atoms with van der Waals surface area (Å²) in [5, 5.41) is 0. The van der Waals surface area contributed by atoms with Crippen molar-refractivity contribution in [1.29, 1.82) is 0 Å². The average Bonchev–Trinajstić information content (AvgIpc) is 2.14. The first-order valence-corrected chi connectivity index (χ1v) is 6.06. The Bertz CT molecular complexity index is 406. The van der Waals surface area contributed by atoms with Gasteiger partial charge in [-0.15, -0.1) is 12.4 Å². The van der Waals surface area contributed by atoms with Crippen molar-refractivity contribution in [3.8, 4) is 5.75 Å². The summed E-state index contributed by atoms with van der Waals surface area (Å²) in [5.41, 5.74) is 5.26. The number of rotatable bonds is 4. The molecular formula is C9H14ClNO3S. The Hall–Kier alpha value is -0.780. The standard InChI is InChI=1S/C9H13NO3S.ClH/c1-14(11,12)9-4-2-3-8(7-9)13-6-5-10;/h2-4,7H,5-6,10H2,1H3;1H. The fourth-order valence-electron chi connectivity index (χ4n) is 0.971. The Morgan fingerprint density at radius 3 is 2.60 bits per heavy atom. The molecule has 15 heavy (non-hydrogen) atoms. The number of ether oxygens (including phenoxy) is 1. The third-order valence-electron chi connectivity index (χ3n) is 1.62. The fourth-order valence-corrected chi connectivity index (χ4v) is 1.63. The lowest BCUT2D eigenvalue weighted by Crippen LogP contribution is -2.10. The van der Waals surface area contributed by atoms with Crippen LogP contribution < -0.4 is 10.5 Å². The molecule has 0 aromatic heterocycles. The van der Waals surface area contributed by atoms with Crippen LogP contribution in [0.4, 0.5) is 0 Å². The molecule has 4 nitrogen and oxygen atoms in total. The first-order chi connectivity index (χ1) is 6.54. The van der Waals surface area contributed by atoms with Crippen LogP contribution in [-0.4, -0.2) is 27.8 Å². The lowest BCUT2D eigenvalue weighted by Gasteiger charge is -2.05. The molecule has 6 heteroatoms. The number of halogens is 1. The zero-order valence-corrected chi connectivity index (χ0v) is 9.98. The Balaban J connectivity index is 0.00000196. The van der Waals surface area contributed by atoms with E-state index in [1.54, 1.807) is 12.1 Å². The van der Waals surface area contributed by atoms with E-state index in [9.17, 15) is 8.42 Å². The topological polar surface area (TPSA) is 69.4 Å². The van der Waals surface area contributed by atoms with Crippen LogP contribution in [0.2, 0.25) is 0 Å². The van der Waals surface area contributed by atoms with E-state index < -0.39 is 9.84 Å². The highest BCUT2D eigenvalue weighted by atomic mass is 35.5. The third-order valence-corrected chi connectivity index (χ3v) is 2.73. The summed E-state index contributed by atoms with van der Waals surface area (Å²) >= 11 is 0. The van der Waals surface area contributed by atoms with E-state index in [1.807, 2.05) is 0 Å². The second-order valence-electron chi connectivity index (χ2n) is 2.88. The Labute approximate surface area is 95.8 Å². The smallest absolute Gasteiger partial charge is 0.175 e. The van der Waals surface area contributed by atoms with Crippen LogP contribution in [-0.2, 0) is 9.84 Å². The molecule has 1 rings (SSSR count). The zero-order chi connectivity index (χ0) is 10.6. The van der Waals surface area contributed by atoms with Crippen LogP contribution in [0.3, 0.4) is 0 Å². The summed E-state index contributed by atoms with van der Waals surface area (Å²) in [7, 11) is -3.16. The van der Waals surface area contributed by atoms with Crippen LogP contribution in [0.25, 0.3) is 0 Å². The maximum absolute atomic E-state index is 11.2. The number of hydrogen-bond donors (Lipinski definition) is 1. The lowest BCUT2D eigenvalue weighted by atomic mass is 10.3. The van der Waals surface area contributed by atoms with Crippen LogP contribution in [0.5, 0.6) is 5.75 Å². The molecule has 0 saturated heterocycles. The molecule has 0 atom stereocenters. The van der Waals surface area contributed by atoms with Crippen LogP contribution in [0.1, 0.15) is 0 Å². The van der Waals surface area contributed by atoms with E-state index in [1.165, 1.54) is 12.1 Å². The van der Waals surface area contributed by atoms with Crippen LogP contribution in [0, 0.1) is 0 Å². The number of benzene rings is 1. The van der Waals surface area contributed by atoms with E-state index in [-0.39, 0.29) is 17.3 Å². The van der Waals surface area contributed by atoms with E-state index in [0.717, 1.165) is 6.26 Å². The molecular weight excluding hydrogens is 238 g/mol. The largest absolute Gasteiger partial charge is 0.492 e. The van der Waals surface area contributed by atoms with E-state index in [4.69, 9.17) is 10.5 Å². The van der Waals surface area contributed by atoms with E-state index in [0.29, 0.717) is 18.9 Å². The Morgan fingerprint density at radius 2 is 2.07 bits per heavy atom. The highest BCUT2D eigenvalue weighted by molar-refractivity contribution is 7.90. The second kappa shape index (κ2) is 5.95. The molecule has 0 aliphatic carbocycles. The molecule has 0 heterocycles. The van der Waals surface area contributed by atoms with Gasteiger partial charge < -0.3 is 10.5 Å².